The smallest absolute Gasteiger partial charge is 0.124 e. The molecule has 0 amide bonds. The Kier molecular flexibility index (Phi) is 4.57. The predicted molar refractivity (Wildman–Crippen MR) is 79.4 cm³/mol. The van der Waals surface area contributed by atoms with E-state index in [0.29, 0.717) is 22.5 Å². The largest absolute Gasteiger partial charge is 0.492 e. The topological polar surface area (TPSA) is 21.3 Å². The lowest BCUT2D eigenvalue weighted by Gasteiger charge is -2.35. The van der Waals surface area contributed by atoms with E-state index in [9.17, 15) is 0 Å². The molecule has 100 valence electrons. The highest BCUT2D eigenvalue weighted by Gasteiger charge is 2.31. The summed E-state index contributed by atoms with van der Waals surface area (Å²) in [7, 11) is 2.04. The molecule has 0 aromatic heterocycles. The fourth-order valence-electron chi connectivity index (χ4n) is 2.23. The number of ether oxygens (including phenoxy) is 1. The molecule has 1 N–H and O–H groups in total. The first kappa shape index (κ1) is 13.8. The standard InChI is InChI=1S/C15H23NOS/c1-10(2)11(3)18-14-9-17-13-8-6-5-7-12(13)15(14)16-4/h5-8,10-11,14-16H,9H2,1-4H3. The van der Waals surface area contributed by atoms with Crippen molar-refractivity contribution in [3.63, 3.8) is 0 Å². The monoisotopic (exact) mass is 265 g/mol. The molecule has 2 nitrogen and oxygen atoms in total. The maximum Gasteiger partial charge on any atom is 0.124 e. The van der Waals surface area contributed by atoms with Gasteiger partial charge < -0.3 is 10.1 Å². The predicted octanol–water partition coefficient (Wildman–Crippen LogP) is 3.49. The maximum absolute atomic E-state index is 5.89. The number of hydrogen-bond acceptors (Lipinski definition) is 3. The van der Waals surface area contributed by atoms with Crippen molar-refractivity contribution in [2.24, 2.45) is 5.92 Å². The minimum absolute atomic E-state index is 0.390. The van der Waals surface area contributed by atoms with Crippen molar-refractivity contribution in [3.8, 4) is 5.75 Å². The molecule has 0 bridgehead atoms. The van der Waals surface area contributed by atoms with Gasteiger partial charge in [0.05, 0.1) is 11.3 Å². The molecule has 1 aliphatic heterocycles. The number of para-hydroxylation sites is 1. The molecule has 1 heterocycles. The Labute approximate surface area is 114 Å². The van der Waals surface area contributed by atoms with Gasteiger partial charge in [-0.2, -0.15) is 0 Å². The lowest BCUT2D eigenvalue weighted by atomic mass is 10.0. The van der Waals surface area contributed by atoms with Crippen LogP contribution in [0.15, 0.2) is 24.3 Å². The molecule has 18 heavy (non-hydrogen) atoms. The number of rotatable bonds is 4. The summed E-state index contributed by atoms with van der Waals surface area (Å²) >= 11 is 2.04. The Morgan fingerprint density at radius 3 is 2.67 bits per heavy atom. The van der Waals surface area contributed by atoms with Crippen LogP contribution in [-0.4, -0.2) is 24.2 Å². The fourth-order valence-corrected chi connectivity index (χ4v) is 3.68. The summed E-state index contributed by atoms with van der Waals surface area (Å²) in [5.74, 6) is 1.73. The van der Waals surface area contributed by atoms with Crippen LogP contribution in [0, 0.1) is 5.92 Å². The Bertz CT molecular complexity index is 394. The third-order valence-corrected chi connectivity index (χ3v) is 5.40. The van der Waals surface area contributed by atoms with Gasteiger partial charge in [-0.3, -0.25) is 0 Å². The average molecular weight is 265 g/mol. The number of nitrogens with one attached hydrogen (secondary N) is 1. The van der Waals surface area contributed by atoms with Gasteiger partial charge in [-0.05, 0) is 19.0 Å². The molecule has 1 aromatic carbocycles. The van der Waals surface area contributed by atoms with Crippen LogP contribution < -0.4 is 10.1 Å². The van der Waals surface area contributed by atoms with Gasteiger partial charge in [0.2, 0.25) is 0 Å². The zero-order chi connectivity index (χ0) is 13.1. The Balaban J connectivity index is 2.15. The van der Waals surface area contributed by atoms with Gasteiger partial charge in [0.15, 0.2) is 0 Å². The molecule has 1 aliphatic rings. The molecule has 3 unspecified atom stereocenters. The maximum atomic E-state index is 5.89. The molecule has 1 aromatic rings. The van der Waals surface area contributed by atoms with Gasteiger partial charge in [0.25, 0.3) is 0 Å². The lowest BCUT2D eigenvalue weighted by Crippen LogP contribution is -2.37. The molecule has 0 saturated carbocycles. The van der Waals surface area contributed by atoms with Crippen LogP contribution in [0.4, 0.5) is 0 Å². The zero-order valence-corrected chi connectivity index (χ0v) is 12.5. The number of thioether (sulfide) groups is 1. The van der Waals surface area contributed by atoms with Crippen LogP contribution in [0.3, 0.4) is 0 Å². The molecule has 3 heteroatoms. The van der Waals surface area contributed by atoms with Crippen molar-refractivity contribution in [3.05, 3.63) is 29.8 Å². The SMILES string of the molecule is CNC1c2ccccc2OCC1SC(C)C(C)C. The molecular formula is C15H23NOS. The Morgan fingerprint density at radius 2 is 2.00 bits per heavy atom. The third-order valence-electron chi connectivity index (χ3n) is 3.67. The van der Waals surface area contributed by atoms with Crippen molar-refractivity contribution < 1.29 is 4.74 Å². The van der Waals surface area contributed by atoms with Gasteiger partial charge in [-0.1, -0.05) is 39.0 Å². The van der Waals surface area contributed by atoms with E-state index < -0.39 is 0 Å². The first-order valence-corrected chi connectivity index (χ1v) is 7.62. The first-order valence-electron chi connectivity index (χ1n) is 6.68. The van der Waals surface area contributed by atoms with Crippen LogP contribution in [0.5, 0.6) is 5.75 Å². The minimum atomic E-state index is 0.390. The number of fused-ring (bicyclic) bond motifs is 1. The summed E-state index contributed by atoms with van der Waals surface area (Å²) < 4.78 is 5.89. The average Bonchev–Trinajstić information content (AvgIpc) is 2.38. The molecule has 2 rings (SSSR count). The van der Waals surface area contributed by atoms with Gasteiger partial charge in [0.1, 0.15) is 12.4 Å². The highest BCUT2D eigenvalue weighted by Crippen LogP contribution is 2.39. The molecule has 0 aliphatic carbocycles. The van der Waals surface area contributed by atoms with E-state index in [-0.39, 0.29) is 0 Å². The van der Waals surface area contributed by atoms with Crippen molar-refractivity contribution in [1.82, 2.24) is 5.32 Å². The van der Waals surface area contributed by atoms with Gasteiger partial charge >= 0.3 is 0 Å². The lowest BCUT2D eigenvalue weighted by molar-refractivity contribution is 0.264. The van der Waals surface area contributed by atoms with Gasteiger partial charge in [-0.25, -0.2) is 0 Å². The van der Waals surface area contributed by atoms with E-state index in [4.69, 9.17) is 4.74 Å². The fraction of sp³-hybridized carbons (Fsp3) is 0.600. The highest BCUT2D eigenvalue weighted by atomic mass is 32.2. The molecule has 0 spiro atoms. The van der Waals surface area contributed by atoms with Crippen LogP contribution in [0.1, 0.15) is 32.4 Å². The summed E-state index contributed by atoms with van der Waals surface area (Å²) in [5, 5.41) is 4.59. The van der Waals surface area contributed by atoms with Crippen molar-refractivity contribution in [2.75, 3.05) is 13.7 Å². The first-order chi connectivity index (χ1) is 8.63. The van der Waals surface area contributed by atoms with Crippen LogP contribution in [0.2, 0.25) is 0 Å². The Morgan fingerprint density at radius 1 is 1.28 bits per heavy atom. The van der Waals surface area contributed by atoms with E-state index in [2.05, 4.69) is 44.3 Å². The molecule has 0 saturated heterocycles. The van der Waals surface area contributed by atoms with Gasteiger partial charge in [0, 0.05) is 10.8 Å². The van der Waals surface area contributed by atoms with Gasteiger partial charge in [-0.15, -0.1) is 11.8 Å². The summed E-state index contributed by atoms with van der Waals surface area (Å²) in [6, 6.07) is 8.75. The molecule has 0 radical (unpaired) electrons. The normalized spacial score (nSPS) is 24.5. The summed E-state index contributed by atoms with van der Waals surface area (Å²) in [6.07, 6.45) is 0. The minimum Gasteiger partial charge on any atom is -0.492 e. The summed E-state index contributed by atoms with van der Waals surface area (Å²) in [6.45, 7) is 7.67. The quantitative estimate of drug-likeness (QED) is 0.900. The number of benzene rings is 1. The van der Waals surface area contributed by atoms with Crippen LogP contribution in [-0.2, 0) is 0 Å². The second-order valence-electron chi connectivity index (χ2n) is 5.24. The summed E-state index contributed by atoms with van der Waals surface area (Å²) in [5.41, 5.74) is 1.29. The molecular weight excluding hydrogens is 242 g/mol. The van der Waals surface area contributed by atoms with Crippen molar-refractivity contribution >= 4 is 11.8 Å². The van der Waals surface area contributed by atoms with Crippen LogP contribution in [0.25, 0.3) is 0 Å². The molecule has 0 fully saturated rings. The number of hydrogen-bond donors (Lipinski definition) is 1. The Hall–Kier alpha value is -0.670. The van der Waals surface area contributed by atoms with E-state index >= 15 is 0 Å². The zero-order valence-electron chi connectivity index (χ0n) is 11.6. The van der Waals surface area contributed by atoms with Crippen molar-refractivity contribution in [2.45, 2.75) is 37.3 Å². The second-order valence-corrected chi connectivity index (χ2v) is 6.86. The highest BCUT2D eigenvalue weighted by molar-refractivity contribution is 8.00. The van der Waals surface area contributed by atoms with E-state index in [1.165, 1.54) is 5.56 Å². The van der Waals surface area contributed by atoms with E-state index in [1.807, 2.05) is 24.9 Å². The van der Waals surface area contributed by atoms with Crippen molar-refractivity contribution in [1.29, 1.82) is 0 Å². The van der Waals surface area contributed by atoms with E-state index in [0.717, 1.165) is 12.4 Å². The summed E-state index contributed by atoms with van der Waals surface area (Å²) in [4.78, 5) is 0. The second kappa shape index (κ2) is 5.98. The van der Waals surface area contributed by atoms with Crippen LogP contribution >= 0.6 is 11.8 Å². The van der Waals surface area contributed by atoms with E-state index in [1.54, 1.807) is 0 Å². The molecule has 3 atom stereocenters. The third kappa shape index (κ3) is 2.83.